The van der Waals surface area contributed by atoms with E-state index in [9.17, 15) is 4.79 Å². The number of amides is 1. The van der Waals surface area contributed by atoms with Crippen molar-refractivity contribution >= 4 is 5.91 Å². The van der Waals surface area contributed by atoms with Gasteiger partial charge in [-0.1, -0.05) is 76.8 Å². The van der Waals surface area contributed by atoms with Crippen LogP contribution in [-0.4, -0.2) is 15.9 Å². The number of nitrogens with zero attached hydrogens (tertiary/aromatic N) is 1. The smallest absolute Gasteiger partial charge is 0.223 e. The van der Waals surface area contributed by atoms with Crippen molar-refractivity contribution in [3.63, 3.8) is 0 Å². The second kappa shape index (κ2) is 8.50. The van der Waals surface area contributed by atoms with Crippen molar-refractivity contribution in [2.24, 2.45) is 17.3 Å². The van der Waals surface area contributed by atoms with Gasteiger partial charge in [0.25, 0.3) is 0 Å². The van der Waals surface area contributed by atoms with Gasteiger partial charge in [0.15, 0.2) is 0 Å². The highest BCUT2D eigenvalue weighted by Gasteiger charge is 2.35. The van der Waals surface area contributed by atoms with Crippen LogP contribution in [0.4, 0.5) is 0 Å². The largest absolute Gasteiger partial charge is 0.346 e. The first kappa shape index (κ1) is 20.6. The average Bonchev–Trinajstić information content (AvgIpc) is 3.15. The van der Waals surface area contributed by atoms with E-state index < -0.39 is 0 Å². The van der Waals surface area contributed by atoms with Crippen LogP contribution in [0.15, 0.2) is 30.5 Å². The van der Waals surface area contributed by atoms with Gasteiger partial charge in [-0.15, -0.1) is 0 Å². The van der Waals surface area contributed by atoms with Gasteiger partial charge in [-0.3, -0.25) is 4.79 Å². The molecule has 4 heteroatoms. The number of rotatable bonds is 5. The zero-order valence-electron chi connectivity index (χ0n) is 18.0. The second-order valence-corrected chi connectivity index (χ2v) is 9.40. The zero-order chi connectivity index (χ0) is 20.3. The van der Waals surface area contributed by atoms with E-state index in [-0.39, 0.29) is 23.3 Å². The second-order valence-electron chi connectivity index (χ2n) is 9.40. The van der Waals surface area contributed by atoms with Gasteiger partial charge in [-0.05, 0) is 31.1 Å². The quantitative estimate of drug-likeness (QED) is 0.687. The first-order valence-electron chi connectivity index (χ1n) is 10.7. The highest BCUT2D eigenvalue weighted by Crippen LogP contribution is 2.36. The van der Waals surface area contributed by atoms with E-state index in [4.69, 9.17) is 4.98 Å². The summed E-state index contributed by atoms with van der Waals surface area (Å²) in [7, 11) is 0. The molecule has 3 atom stereocenters. The van der Waals surface area contributed by atoms with E-state index in [0.717, 1.165) is 36.3 Å². The lowest BCUT2D eigenvalue weighted by atomic mass is 9.76. The molecule has 1 saturated carbocycles. The third-order valence-corrected chi connectivity index (χ3v) is 6.14. The summed E-state index contributed by atoms with van der Waals surface area (Å²) >= 11 is 0. The molecule has 2 N–H and O–H groups in total. The number of nitrogens with one attached hydrogen (secondary N) is 2. The van der Waals surface area contributed by atoms with Crippen molar-refractivity contribution in [2.45, 2.75) is 72.8 Å². The minimum Gasteiger partial charge on any atom is -0.346 e. The predicted octanol–water partition coefficient (Wildman–Crippen LogP) is 5.80. The third kappa shape index (κ3) is 4.65. The van der Waals surface area contributed by atoms with Crippen molar-refractivity contribution < 1.29 is 4.79 Å². The standard InChI is InChI=1S/C24H35N3O/c1-6-17-9-7-8-10-19(17)23(28)27-21(24(3,4)5)22-25-15-20(26-22)18-13-11-16(2)12-14-18/h11-15,17,19,21H,6-10H2,1-5H3,(H,25,26)(H,27,28)/t17?,19?,21-/m1/s1. The van der Waals surface area contributed by atoms with Crippen molar-refractivity contribution in [2.75, 3.05) is 0 Å². The van der Waals surface area contributed by atoms with E-state index in [1.807, 2.05) is 6.20 Å². The SMILES string of the molecule is CCC1CCCCC1C(=O)N[C@H](c1nc(-c2ccc(C)cc2)c[nH]1)C(C)(C)C. The zero-order valence-corrected chi connectivity index (χ0v) is 18.0. The average molecular weight is 382 g/mol. The highest BCUT2D eigenvalue weighted by atomic mass is 16.2. The number of benzene rings is 1. The maximum Gasteiger partial charge on any atom is 0.223 e. The van der Waals surface area contributed by atoms with E-state index >= 15 is 0 Å². The Morgan fingerprint density at radius 3 is 2.54 bits per heavy atom. The normalized spacial score (nSPS) is 21.3. The fourth-order valence-corrected chi connectivity index (χ4v) is 4.34. The first-order chi connectivity index (χ1) is 13.3. The van der Waals surface area contributed by atoms with Gasteiger partial charge in [0.2, 0.25) is 5.91 Å². The number of H-pyrrole nitrogens is 1. The summed E-state index contributed by atoms with van der Waals surface area (Å²) in [6, 6.07) is 8.24. The number of aromatic amines is 1. The number of hydrogen-bond acceptors (Lipinski definition) is 2. The molecule has 152 valence electrons. The number of carbonyl (C=O) groups is 1. The van der Waals surface area contributed by atoms with Gasteiger partial charge < -0.3 is 10.3 Å². The molecule has 1 aromatic heterocycles. The lowest BCUT2D eigenvalue weighted by Crippen LogP contribution is -2.43. The molecule has 28 heavy (non-hydrogen) atoms. The lowest BCUT2D eigenvalue weighted by molar-refractivity contribution is -0.129. The fraction of sp³-hybridized carbons (Fsp3) is 0.583. The molecule has 1 aliphatic rings. The van der Waals surface area contributed by atoms with Crippen LogP contribution >= 0.6 is 0 Å². The van der Waals surface area contributed by atoms with E-state index in [0.29, 0.717) is 5.92 Å². The number of aryl methyl sites for hydroxylation is 1. The molecule has 1 heterocycles. The molecule has 4 nitrogen and oxygen atoms in total. The minimum absolute atomic E-state index is 0.131. The summed E-state index contributed by atoms with van der Waals surface area (Å²) in [4.78, 5) is 21.3. The molecule has 0 saturated heterocycles. The number of aromatic nitrogens is 2. The molecule has 1 aliphatic carbocycles. The van der Waals surface area contributed by atoms with Crippen LogP contribution in [0.25, 0.3) is 11.3 Å². The summed E-state index contributed by atoms with van der Waals surface area (Å²) < 4.78 is 0. The molecule has 2 unspecified atom stereocenters. The molecule has 2 aromatic rings. The Kier molecular flexibility index (Phi) is 6.26. The van der Waals surface area contributed by atoms with Crippen LogP contribution < -0.4 is 5.32 Å². The van der Waals surface area contributed by atoms with Crippen molar-refractivity contribution in [1.82, 2.24) is 15.3 Å². The lowest BCUT2D eigenvalue weighted by Gasteiger charge is -2.34. The van der Waals surface area contributed by atoms with Crippen LogP contribution in [0.3, 0.4) is 0 Å². The number of imidazole rings is 1. The Bertz CT molecular complexity index is 785. The third-order valence-electron chi connectivity index (χ3n) is 6.14. The maximum absolute atomic E-state index is 13.2. The molecule has 0 spiro atoms. The summed E-state index contributed by atoms with van der Waals surface area (Å²) in [5, 5.41) is 3.35. The van der Waals surface area contributed by atoms with Crippen LogP contribution in [0, 0.1) is 24.2 Å². The molecule has 1 aromatic carbocycles. The van der Waals surface area contributed by atoms with E-state index in [1.54, 1.807) is 0 Å². The Morgan fingerprint density at radius 1 is 1.21 bits per heavy atom. The Morgan fingerprint density at radius 2 is 1.89 bits per heavy atom. The van der Waals surface area contributed by atoms with Gasteiger partial charge in [0.05, 0.1) is 11.7 Å². The Hall–Kier alpha value is -2.10. The number of hydrogen-bond donors (Lipinski definition) is 2. The molecular weight excluding hydrogens is 346 g/mol. The van der Waals surface area contributed by atoms with Crippen LogP contribution in [0.5, 0.6) is 0 Å². The summed E-state index contributed by atoms with van der Waals surface area (Å²) in [5.41, 5.74) is 3.11. The maximum atomic E-state index is 13.2. The van der Waals surface area contributed by atoms with Gasteiger partial charge in [0.1, 0.15) is 5.82 Å². The Balaban J connectivity index is 1.81. The summed E-state index contributed by atoms with van der Waals surface area (Å²) in [5.74, 6) is 1.67. The first-order valence-corrected chi connectivity index (χ1v) is 10.7. The topological polar surface area (TPSA) is 57.8 Å². The molecule has 1 amide bonds. The van der Waals surface area contributed by atoms with Crippen LogP contribution in [0.2, 0.25) is 0 Å². The Labute approximate surface area is 169 Å². The summed E-state index contributed by atoms with van der Waals surface area (Å²) in [6.45, 7) is 10.8. The molecule has 0 aliphatic heterocycles. The van der Waals surface area contributed by atoms with Crippen molar-refractivity contribution in [1.29, 1.82) is 0 Å². The molecule has 3 rings (SSSR count). The predicted molar refractivity (Wildman–Crippen MR) is 115 cm³/mol. The summed E-state index contributed by atoms with van der Waals surface area (Å²) in [6.07, 6.45) is 7.62. The molecule has 0 radical (unpaired) electrons. The van der Waals surface area contributed by atoms with Gasteiger partial charge in [0, 0.05) is 17.7 Å². The van der Waals surface area contributed by atoms with E-state index in [2.05, 4.69) is 69.2 Å². The molecular formula is C24H35N3O. The molecule has 1 fully saturated rings. The van der Waals surface area contributed by atoms with Crippen LogP contribution in [0.1, 0.15) is 77.2 Å². The minimum atomic E-state index is -0.140. The van der Waals surface area contributed by atoms with Gasteiger partial charge >= 0.3 is 0 Å². The highest BCUT2D eigenvalue weighted by molar-refractivity contribution is 5.79. The van der Waals surface area contributed by atoms with Crippen LogP contribution in [-0.2, 0) is 4.79 Å². The number of carbonyl (C=O) groups excluding carboxylic acids is 1. The van der Waals surface area contributed by atoms with Crippen molar-refractivity contribution in [3.8, 4) is 11.3 Å². The fourth-order valence-electron chi connectivity index (χ4n) is 4.34. The monoisotopic (exact) mass is 381 g/mol. The van der Waals surface area contributed by atoms with Crippen molar-refractivity contribution in [3.05, 3.63) is 41.9 Å². The van der Waals surface area contributed by atoms with E-state index in [1.165, 1.54) is 18.4 Å². The van der Waals surface area contributed by atoms with Gasteiger partial charge in [-0.2, -0.15) is 0 Å². The van der Waals surface area contributed by atoms with Gasteiger partial charge in [-0.25, -0.2) is 4.98 Å². The molecule has 0 bridgehead atoms.